The Morgan fingerprint density at radius 2 is 2.05 bits per heavy atom. The molecule has 20 heavy (non-hydrogen) atoms. The molecule has 0 unspecified atom stereocenters. The molecule has 2 rings (SSSR count). The number of piperidine rings is 1. The van der Waals surface area contributed by atoms with Gasteiger partial charge >= 0.3 is 5.97 Å². The second kappa shape index (κ2) is 7.96. The van der Waals surface area contributed by atoms with Crippen LogP contribution in [0.5, 0.6) is 0 Å². The number of carbonyl (C=O) groups excluding carboxylic acids is 1. The van der Waals surface area contributed by atoms with E-state index in [2.05, 4.69) is 4.90 Å². The predicted octanol–water partition coefficient (Wildman–Crippen LogP) is 1.60. The molecule has 0 spiro atoms. The van der Waals surface area contributed by atoms with E-state index >= 15 is 0 Å². The molecule has 0 radical (unpaired) electrons. The van der Waals surface area contributed by atoms with Gasteiger partial charge in [-0.2, -0.15) is 0 Å². The van der Waals surface area contributed by atoms with Crippen LogP contribution in [0.25, 0.3) is 0 Å². The number of rotatable bonds is 5. The van der Waals surface area contributed by atoms with Gasteiger partial charge < -0.3 is 14.2 Å². The second-order valence-corrected chi connectivity index (χ2v) is 5.76. The molecular formula is C15H27NO4. The Balaban J connectivity index is 1.65. The van der Waals surface area contributed by atoms with E-state index in [4.69, 9.17) is 14.2 Å². The van der Waals surface area contributed by atoms with Crippen molar-refractivity contribution >= 4 is 5.97 Å². The van der Waals surface area contributed by atoms with E-state index in [1.807, 2.05) is 6.92 Å². The molecule has 0 saturated carbocycles. The SMILES string of the molecule is COC(=O)[C@H](C)N1CCC(OC[C@@H]2CCCCO2)CC1. The van der Waals surface area contributed by atoms with Crippen LogP contribution in [0.1, 0.15) is 39.0 Å². The van der Waals surface area contributed by atoms with Crippen molar-refractivity contribution in [2.45, 2.75) is 57.3 Å². The zero-order valence-electron chi connectivity index (χ0n) is 12.7. The van der Waals surface area contributed by atoms with Crippen LogP contribution in [0, 0.1) is 0 Å². The molecule has 2 aliphatic rings. The van der Waals surface area contributed by atoms with E-state index in [1.54, 1.807) is 0 Å². The molecule has 0 aromatic carbocycles. The van der Waals surface area contributed by atoms with Gasteiger partial charge in [0.05, 0.1) is 25.9 Å². The van der Waals surface area contributed by atoms with Gasteiger partial charge in [0, 0.05) is 19.7 Å². The third kappa shape index (κ3) is 4.43. The minimum atomic E-state index is -0.153. The Morgan fingerprint density at radius 1 is 1.30 bits per heavy atom. The summed E-state index contributed by atoms with van der Waals surface area (Å²) >= 11 is 0. The maximum absolute atomic E-state index is 11.5. The minimum absolute atomic E-state index is 0.150. The first-order chi connectivity index (χ1) is 9.70. The van der Waals surface area contributed by atoms with Gasteiger partial charge in [0.25, 0.3) is 0 Å². The fourth-order valence-electron chi connectivity index (χ4n) is 2.93. The summed E-state index contributed by atoms with van der Waals surface area (Å²) in [7, 11) is 1.44. The lowest BCUT2D eigenvalue weighted by Gasteiger charge is -2.35. The molecule has 0 bridgehead atoms. The first-order valence-electron chi connectivity index (χ1n) is 7.75. The van der Waals surface area contributed by atoms with Crippen molar-refractivity contribution in [3.8, 4) is 0 Å². The van der Waals surface area contributed by atoms with Crippen molar-refractivity contribution < 1.29 is 19.0 Å². The highest BCUT2D eigenvalue weighted by Crippen LogP contribution is 2.19. The maximum atomic E-state index is 11.5. The molecule has 5 nitrogen and oxygen atoms in total. The molecule has 2 atom stereocenters. The minimum Gasteiger partial charge on any atom is -0.468 e. The smallest absolute Gasteiger partial charge is 0.322 e. The molecule has 116 valence electrons. The van der Waals surface area contributed by atoms with E-state index in [1.165, 1.54) is 20.0 Å². The number of nitrogens with zero attached hydrogens (tertiary/aromatic N) is 1. The molecule has 0 aromatic heterocycles. The van der Waals surface area contributed by atoms with Gasteiger partial charge in [0.1, 0.15) is 6.04 Å². The van der Waals surface area contributed by atoms with Crippen LogP contribution in [0.3, 0.4) is 0 Å². The Hall–Kier alpha value is -0.650. The van der Waals surface area contributed by atoms with Crippen LogP contribution in [0.2, 0.25) is 0 Å². The summed E-state index contributed by atoms with van der Waals surface area (Å²) in [5.41, 5.74) is 0. The van der Waals surface area contributed by atoms with Gasteiger partial charge in [0.2, 0.25) is 0 Å². The highest BCUT2D eigenvalue weighted by atomic mass is 16.5. The van der Waals surface area contributed by atoms with Crippen LogP contribution in [-0.4, -0.2) is 62.5 Å². The monoisotopic (exact) mass is 285 g/mol. The molecule has 0 N–H and O–H groups in total. The summed E-state index contributed by atoms with van der Waals surface area (Å²) < 4.78 is 16.4. The van der Waals surface area contributed by atoms with E-state index < -0.39 is 0 Å². The van der Waals surface area contributed by atoms with Crippen LogP contribution >= 0.6 is 0 Å². The van der Waals surface area contributed by atoms with Gasteiger partial charge in [0.15, 0.2) is 0 Å². The van der Waals surface area contributed by atoms with Crippen molar-refractivity contribution in [3.05, 3.63) is 0 Å². The molecule has 2 aliphatic heterocycles. The molecule has 5 heteroatoms. The highest BCUT2D eigenvalue weighted by molar-refractivity contribution is 5.75. The number of carbonyl (C=O) groups is 1. The van der Waals surface area contributed by atoms with Gasteiger partial charge in [-0.3, -0.25) is 9.69 Å². The van der Waals surface area contributed by atoms with Crippen molar-refractivity contribution in [3.63, 3.8) is 0 Å². The van der Waals surface area contributed by atoms with Crippen molar-refractivity contribution in [1.82, 2.24) is 4.90 Å². The molecule has 2 saturated heterocycles. The first kappa shape index (κ1) is 15.7. The van der Waals surface area contributed by atoms with E-state index in [0.29, 0.717) is 6.10 Å². The number of esters is 1. The fourth-order valence-corrected chi connectivity index (χ4v) is 2.93. The van der Waals surface area contributed by atoms with Crippen LogP contribution < -0.4 is 0 Å². The van der Waals surface area contributed by atoms with Crippen molar-refractivity contribution in [2.24, 2.45) is 0 Å². The Morgan fingerprint density at radius 3 is 2.65 bits per heavy atom. The van der Waals surface area contributed by atoms with E-state index in [9.17, 15) is 4.79 Å². The fraction of sp³-hybridized carbons (Fsp3) is 0.933. The molecular weight excluding hydrogens is 258 g/mol. The number of methoxy groups -OCH3 is 1. The average molecular weight is 285 g/mol. The summed E-state index contributed by atoms with van der Waals surface area (Å²) in [6.45, 7) is 5.29. The number of hydrogen-bond acceptors (Lipinski definition) is 5. The molecule has 0 amide bonds. The molecule has 0 aliphatic carbocycles. The summed E-state index contributed by atoms with van der Waals surface area (Å²) in [6.07, 6.45) is 6.11. The molecule has 0 aromatic rings. The topological polar surface area (TPSA) is 48.0 Å². The lowest BCUT2D eigenvalue weighted by molar-refractivity contribution is -0.147. The molecule has 2 fully saturated rings. The van der Waals surface area contributed by atoms with E-state index in [-0.39, 0.29) is 18.1 Å². The summed E-state index contributed by atoms with van der Waals surface area (Å²) in [5, 5.41) is 0. The predicted molar refractivity (Wildman–Crippen MR) is 75.6 cm³/mol. The van der Waals surface area contributed by atoms with Gasteiger partial charge in [-0.25, -0.2) is 0 Å². The van der Waals surface area contributed by atoms with Crippen LogP contribution in [-0.2, 0) is 19.0 Å². The lowest BCUT2D eigenvalue weighted by Crippen LogP contribution is -2.46. The first-order valence-corrected chi connectivity index (χ1v) is 7.75. The normalized spacial score (nSPS) is 27.2. The number of likely N-dealkylation sites (tertiary alicyclic amines) is 1. The third-order valence-corrected chi connectivity index (χ3v) is 4.36. The zero-order valence-corrected chi connectivity index (χ0v) is 12.7. The third-order valence-electron chi connectivity index (χ3n) is 4.36. The number of ether oxygens (including phenoxy) is 3. The van der Waals surface area contributed by atoms with Crippen molar-refractivity contribution in [2.75, 3.05) is 33.4 Å². The summed E-state index contributed by atoms with van der Waals surface area (Å²) in [4.78, 5) is 13.7. The quantitative estimate of drug-likeness (QED) is 0.718. The van der Waals surface area contributed by atoms with Crippen LogP contribution in [0.4, 0.5) is 0 Å². The van der Waals surface area contributed by atoms with Gasteiger partial charge in [-0.05, 0) is 39.0 Å². The lowest BCUT2D eigenvalue weighted by atomic mass is 10.1. The summed E-state index contributed by atoms with van der Waals surface area (Å²) in [5.74, 6) is -0.153. The largest absolute Gasteiger partial charge is 0.468 e. The number of hydrogen-bond donors (Lipinski definition) is 0. The zero-order chi connectivity index (χ0) is 14.4. The average Bonchev–Trinajstić information content (AvgIpc) is 2.53. The van der Waals surface area contributed by atoms with Gasteiger partial charge in [-0.1, -0.05) is 0 Å². The maximum Gasteiger partial charge on any atom is 0.322 e. The Labute approximate surface area is 121 Å². The Kier molecular flexibility index (Phi) is 6.26. The van der Waals surface area contributed by atoms with Crippen molar-refractivity contribution in [1.29, 1.82) is 0 Å². The van der Waals surface area contributed by atoms with Gasteiger partial charge in [-0.15, -0.1) is 0 Å². The van der Waals surface area contributed by atoms with E-state index in [0.717, 1.165) is 45.6 Å². The highest BCUT2D eigenvalue weighted by Gasteiger charge is 2.28. The Bertz CT molecular complexity index is 296. The standard InChI is InChI=1S/C15H27NO4/c1-12(15(17)18-2)16-8-6-13(7-9-16)20-11-14-5-3-4-10-19-14/h12-14H,3-11H2,1-2H3/t12-,14-/m0/s1. The van der Waals surface area contributed by atoms with Crippen LogP contribution in [0.15, 0.2) is 0 Å². The second-order valence-electron chi connectivity index (χ2n) is 5.76. The molecule has 2 heterocycles. The summed E-state index contributed by atoms with van der Waals surface area (Å²) in [6, 6.07) is -0.150.